The van der Waals surface area contributed by atoms with E-state index >= 15 is 0 Å². The van der Waals surface area contributed by atoms with E-state index in [-0.39, 0.29) is 10.6 Å². The van der Waals surface area contributed by atoms with E-state index < -0.39 is 24.5 Å². The summed E-state index contributed by atoms with van der Waals surface area (Å²) < 4.78 is 38.7. The minimum atomic E-state index is -4.64. The van der Waals surface area contributed by atoms with E-state index in [1.54, 1.807) is 0 Å². The second-order valence-electron chi connectivity index (χ2n) is 3.36. The third kappa shape index (κ3) is 3.89. The molecular weight excluding hydrogens is 324 g/mol. The van der Waals surface area contributed by atoms with Crippen LogP contribution in [-0.4, -0.2) is 17.3 Å². The Kier molecular flexibility index (Phi) is 4.43. The van der Waals surface area contributed by atoms with Gasteiger partial charge in [0, 0.05) is 9.50 Å². The molecule has 0 aliphatic rings. The third-order valence-corrected chi connectivity index (χ3v) is 2.93. The summed E-state index contributed by atoms with van der Waals surface area (Å²) in [5.74, 6) is -3.62. The Hall–Kier alpha value is -0.750. The van der Waals surface area contributed by atoms with Gasteiger partial charge in [-0.1, -0.05) is 33.6 Å². The van der Waals surface area contributed by atoms with Crippen LogP contribution in [-0.2, 0) is 4.79 Å². The molecule has 94 valence electrons. The van der Waals surface area contributed by atoms with Crippen molar-refractivity contribution in [1.82, 2.24) is 0 Å². The number of aliphatic carboxylic acids is 1. The summed E-state index contributed by atoms with van der Waals surface area (Å²) >= 11 is 8.76. The molecule has 17 heavy (non-hydrogen) atoms. The van der Waals surface area contributed by atoms with Crippen molar-refractivity contribution in [3.8, 4) is 0 Å². The van der Waals surface area contributed by atoms with E-state index in [1.807, 2.05) is 0 Å². The lowest BCUT2D eigenvalue weighted by Gasteiger charge is -2.20. The van der Waals surface area contributed by atoms with Gasteiger partial charge in [0.15, 0.2) is 0 Å². The third-order valence-electron chi connectivity index (χ3n) is 2.11. The molecule has 0 saturated carbocycles. The molecule has 1 unspecified atom stereocenters. The van der Waals surface area contributed by atoms with Crippen LogP contribution in [0.3, 0.4) is 0 Å². The molecule has 0 aliphatic carbocycles. The largest absolute Gasteiger partial charge is 0.481 e. The Labute approximate surface area is 109 Å². The minimum Gasteiger partial charge on any atom is -0.481 e. The Morgan fingerprint density at radius 2 is 2.06 bits per heavy atom. The minimum absolute atomic E-state index is 0.108. The number of carboxylic acid groups (broad SMARTS) is 1. The van der Waals surface area contributed by atoms with Crippen molar-refractivity contribution in [1.29, 1.82) is 0 Å². The van der Waals surface area contributed by atoms with Gasteiger partial charge in [0.25, 0.3) is 0 Å². The van der Waals surface area contributed by atoms with Crippen molar-refractivity contribution < 1.29 is 23.1 Å². The monoisotopic (exact) mass is 330 g/mol. The van der Waals surface area contributed by atoms with Gasteiger partial charge in [0.2, 0.25) is 0 Å². The fourth-order valence-electron chi connectivity index (χ4n) is 1.36. The molecular formula is C10H7BrClF3O2. The van der Waals surface area contributed by atoms with Crippen LogP contribution in [0.1, 0.15) is 17.9 Å². The molecule has 2 nitrogen and oxygen atoms in total. The summed E-state index contributed by atoms with van der Waals surface area (Å²) in [6, 6.07) is 3.87. The van der Waals surface area contributed by atoms with E-state index in [2.05, 4.69) is 15.9 Å². The van der Waals surface area contributed by atoms with Crippen molar-refractivity contribution >= 4 is 33.5 Å². The Bertz CT molecular complexity index is 434. The lowest BCUT2D eigenvalue weighted by molar-refractivity contribution is -0.163. The van der Waals surface area contributed by atoms with E-state index in [9.17, 15) is 18.0 Å². The van der Waals surface area contributed by atoms with Gasteiger partial charge in [-0.2, -0.15) is 13.2 Å². The van der Waals surface area contributed by atoms with Gasteiger partial charge >= 0.3 is 12.1 Å². The topological polar surface area (TPSA) is 37.3 Å². The highest BCUT2D eigenvalue weighted by Gasteiger charge is 2.42. The number of alkyl halides is 3. The van der Waals surface area contributed by atoms with Crippen molar-refractivity contribution in [3.05, 3.63) is 33.3 Å². The standard InChI is InChI=1S/C10H7BrClF3O2/c11-5-1-2-6(8(12)3-5)7(4-9(16)17)10(13,14)15/h1-3,7H,4H2,(H,16,17). The van der Waals surface area contributed by atoms with Crippen molar-refractivity contribution in [2.24, 2.45) is 0 Å². The second kappa shape index (κ2) is 5.27. The maximum absolute atomic E-state index is 12.7. The van der Waals surface area contributed by atoms with Crippen LogP contribution in [0.4, 0.5) is 13.2 Å². The summed E-state index contributed by atoms with van der Waals surface area (Å²) in [4.78, 5) is 10.5. The van der Waals surface area contributed by atoms with Gasteiger partial charge in [-0.05, 0) is 17.7 Å². The lowest BCUT2D eigenvalue weighted by Crippen LogP contribution is -2.23. The number of hydrogen-bond acceptors (Lipinski definition) is 1. The average molecular weight is 332 g/mol. The summed E-state index contributed by atoms with van der Waals surface area (Å²) in [6.45, 7) is 0. The Morgan fingerprint density at radius 3 is 2.47 bits per heavy atom. The van der Waals surface area contributed by atoms with Crippen LogP contribution in [0.5, 0.6) is 0 Å². The lowest BCUT2D eigenvalue weighted by atomic mass is 9.95. The predicted octanol–water partition coefficient (Wildman–Crippen LogP) is 4.22. The summed E-state index contributed by atoms with van der Waals surface area (Å²) in [5, 5.41) is 8.39. The molecule has 1 rings (SSSR count). The van der Waals surface area contributed by atoms with Crippen LogP contribution in [0.15, 0.2) is 22.7 Å². The number of hydrogen-bond donors (Lipinski definition) is 1. The number of carboxylic acids is 1. The fourth-order valence-corrected chi connectivity index (χ4v) is 2.17. The molecule has 1 aromatic carbocycles. The Balaban J connectivity index is 3.17. The maximum atomic E-state index is 12.7. The van der Waals surface area contributed by atoms with Crippen LogP contribution in [0.25, 0.3) is 0 Å². The SMILES string of the molecule is O=C(O)CC(c1ccc(Br)cc1Cl)C(F)(F)F. The molecule has 0 spiro atoms. The van der Waals surface area contributed by atoms with E-state index in [4.69, 9.17) is 16.7 Å². The zero-order valence-electron chi connectivity index (χ0n) is 8.26. The zero-order chi connectivity index (χ0) is 13.2. The zero-order valence-corrected chi connectivity index (χ0v) is 10.6. The number of benzene rings is 1. The molecule has 0 bridgehead atoms. The Morgan fingerprint density at radius 1 is 1.47 bits per heavy atom. The molecule has 7 heteroatoms. The normalized spacial score (nSPS) is 13.5. The maximum Gasteiger partial charge on any atom is 0.396 e. The highest BCUT2D eigenvalue weighted by Crippen LogP contribution is 2.40. The molecule has 0 fully saturated rings. The molecule has 0 aromatic heterocycles. The summed E-state index contributed by atoms with van der Waals surface area (Å²) in [5.41, 5.74) is -0.232. The van der Waals surface area contributed by atoms with Gasteiger partial charge in [0.05, 0.1) is 12.3 Å². The molecule has 0 radical (unpaired) electrons. The van der Waals surface area contributed by atoms with E-state index in [0.29, 0.717) is 4.47 Å². The second-order valence-corrected chi connectivity index (χ2v) is 4.68. The first kappa shape index (κ1) is 14.3. The summed E-state index contributed by atoms with van der Waals surface area (Å²) in [7, 11) is 0. The predicted molar refractivity (Wildman–Crippen MR) is 60.2 cm³/mol. The highest BCUT2D eigenvalue weighted by molar-refractivity contribution is 9.10. The van der Waals surface area contributed by atoms with Crippen molar-refractivity contribution in [3.63, 3.8) is 0 Å². The average Bonchev–Trinajstić information content (AvgIpc) is 2.13. The first-order valence-electron chi connectivity index (χ1n) is 4.45. The fraction of sp³-hybridized carbons (Fsp3) is 0.300. The van der Waals surface area contributed by atoms with Crippen molar-refractivity contribution in [2.75, 3.05) is 0 Å². The number of carbonyl (C=O) groups is 1. The van der Waals surface area contributed by atoms with Gasteiger partial charge in [-0.25, -0.2) is 0 Å². The molecule has 0 aliphatic heterocycles. The molecule has 0 saturated heterocycles. The first-order chi connectivity index (χ1) is 7.71. The molecule has 0 amide bonds. The van der Waals surface area contributed by atoms with E-state index in [0.717, 1.165) is 0 Å². The molecule has 0 heterocycles. The van der Waals surface area contributed by atoms with Gasteiger partial charge in [-0.3, -0.25) is 4.79 Å². The van der Waals surface area contributed by atoms with Gasteiger partial charge in [-0.15, -0.1) is 0 Å². The number of halogens is 5. The van der Waals surface area contributed by atoms with Crippen molar-refractivity contribution in [2.45, 2.75) is 18.5 Å². The smallest absolute Gasteiger partial charge is 0.396 e. The van der Waals surface area contributed by atoms with Crippen LogP contribution >= 0.6 is 27.5 Å². The van der Waals surface area contributed by atoms with E-state index in [1.165, 1.54) is 18.2 Å². The van der Waals surface area contributed by atoms with Crippen LogP contribution in [0.2, 0.25) is 5.02 Å². The first-order valence-corrected chi connectivity index (χ1v) is 5.62. The van der Waals surface area contributed by atoms with Crippen LogP contribution in [0, 0.1) is 0 Å². The summed E-state index contributed by atoms with van der Waals surface area (Å²) in [6.07, 6.45) is -5.68. The highest BCUT2D eigenvalue weighted by atomic mass is 79.9. The van der Waals surface area contributed by atoms with Gasteiger partial charge < -0.3 is 5.11 Å². The molecule has 1 N–H and O–H groups in total. The van der Waals surface area contributed by atoms with Crippen LogP contribution < -0.4 is 0 Å². The molecule has 1 aromatic rings. The molecule has 1 atom stereocenters. The quantitative estimate of drug-likeness (QED) is 0.900. The number of rotatable bonds is 3. The van der Waals surface area contributed by atoms with Gasteiger partial charge in [0.1, 0.15) is 0 Å².